The van der Waals surface area contributed by atoms with E-state index >= 15 is 0 Å². The van der Waals surface area contributed by atoms with E-state index in [1.165, 1.54) is 14.1 Å². The van der Waals surface area contributed by atoms with Crippen LogP contribution >= 0.6 is 0 Å². The molecule has 6 heteroatoms. The van der Waals surface area contributed by atoms with Gasteiger partial charge >= 0.3 is 0 Å². The predicted molar refractivity (Wildman–Crippen MR) is 66.6 cm³/mol. The molecule has 0 saturated heterocycles. The van der Waals surface area contributed by atoms with Crippen molar-refractivity contribution in [1.29, 1.82) is 0 Å². The minimum absolute atomic E-state index is 0.315. The molecule has 0 saturated carbocycles. The standard InChI is InChI=1S/C11H18N2O3S/c1-11(9-14,10-7-5-4-6-8-10)12-17(15,16)13(2)3/h4-8,12,14H,9H2,1-3H3. The molecule has 1 aromatic carbocycles. The lowest BCUT2D eigenvalue weighted by Crippen LogP contribution is -2.50. The SMILES string of the molecule is CN(C)S(=O)(=O)NC(C)(CO)c1ccccc1. The van der Waals surface area contributed by atoms with Crippen molar-refractivity contribution in [1.82, 2.24) is 9.03 Å². The van der Waals surface area contributed by atoms with E-state index < -0.39 is 15.7 Å². The molecule has 0 amide bonds. The van der Waals surface area contributed by atoms with Crippen LogP contribution in [0.4, 0.5) is 0 Å². The van der Waals surface area contributed by atoms with Crippen LogP contribution < -0.4 is 4.72 Å². The van der Waals surface area contributed by atoms with Crippen molar-refractivity contribution < 1.29 is 13.5 Å². The molecule has 0 aliphatic carbocycles. The first-order chi connectivity index (χ1) is 7.82. The number of aliphatic hydroxyl groups excluding tert-OH is 1. The smallest absolute Gasteiger partial charge is 0.279 e. The van der Waals surface area contributed by atoms with Gasteiger partial charge < -0.3 is 5.11 Å². The van der Waals surface area contributed by atoms with Crippen LogP contribution in [0.5, 0.6) is 0 Å². The van der Waals surface area contributed by atoms with Crippen LogP contribution in [0.25, 0.3) is 0 Å². The number of hydrogen-bond acceptors (Lipinski definition) is 3. The third-order valence-electron chi connectivity index (χ3n) is 2.56. The van der Waals surface area contributed by atoms with E-state index in [2.05, 4.69) is 4.72 Å². The molecule has 1 aromatic rings. The zero-order valence-corrected chi connectivity index (χ0v) is 11.0. The van der Waals surface area contributed by atoms with E-state index in [0.717, 1.165) is 4.31 Å². The second kappa shape index (κ2) is 5.14. The molecule has 0 aliphatic heterocycles. The molecule has 17 heavy (non-hydrogen) atoms. The topological polar surface area (TPSA) is 69.6 Å². The molecule has 5 nitrogen and oxygen atoms in total. The third-order valence-corrected chi connectivity index (χ3v) is 4.23. The van der Waals surface area contributed by atoms with Gasteiger partial charge in [-0.15, -0.1) is 0 Å². The highest BCUT2D eigenvalue weighted by atomic mass is 32.2. The van der Waals surface area contributed by atoms with Gasteiger partial charge in [-0.1, -0.05) is 30.3 Å². The minimum Gasteiger partial charge on any atom is -0.394 e. The van der Waals surface area contributed by atoms with Crippen LogP contribution in [0.3, 0.4) is 0 Å². The zero-order valence-electron chi connectivity index (χ0n) is 10.2. The lowest BCUT2D eigenvalue weighted by molar-refractivity contribution is 0.194. The van der Waals surface area contributed by atoms with E-state index in [4.69, 9.17) is 0 Å². The molecule has 96 valence electrons. The highest BCUT2D eigenvalue weighted by Crippen LogP contribution is 2.21. The van der Waals surface area contributed by atoms with Gasteiger partial charge in [0.15, 0.2) is 0 Å². The van der Waals surface area contributed by atoms with E-state index in [1.807, 2.05) is 6.07 Å². The Kier molecular flexibility index (Phi) is 4.26. The number of hydrogen-bond donors (Lipinski definition) is 2. The molecule has 1 rings (SSSR count). The summed E-state index contributed by atoms with van der Waals surface area (Å²) in [7, 11) is -0.722. The summed E-state index contributed by atoms with van der Waals surface area (Å²) in [6.07, 6.45) is 0. The molecular weight excluding hydrogens is 240 g/mol. The minimum atomic E-state index is -3.59. The van der Waals surface area contributed by atoms with Gasteiger partial charge in [-0.05, 0) is 12.5 Å². The molecule has 2 N–H and O–H groups in total. The second-order valence-corrected chi connectivity index (χ2v) is 6.13. The Hall–Kier alpha value is -0.950. The van der Waals surface area contributed by atoms with Crippen molar-refractivity contribution in [3.8, 4) is 0 Å². The molecule has 0 radical (unpaired) electrons. The van der Waals surface area contributed by atoms with Gasteiger partial charge in [-0.2, -0.15) is 17.4 Å². The summed E-state index contributed by atoms with van der Waals surface area (Å²) < 4.78 is 27.1. The van der Waals surface area contributed by atoms with E-state index in [1.54, 1.807) is 31.2 Å². The average Bonchev–Trinajstić information content (AvgIpc) is 2.29. The third kappa shape index (κ3) is 3.26. The fourth-order valence-electron chi connectivity index (χ4n) is 1.36. The van der Waals surface area contributed by atoms with E-state index in [0.29, 0.717) is 5.56 Å². The highest BCUT2D eigenvalue weighted by molar-refractivity contribution is 7.87. The maximum absolute atomic E-state index is 11.8. The van der Waals surface area contributed by atoms with Gasteiger partial charge in [0, 0.05) is 14.1 Å². The predicted octanol–water partition coefficient (Wildman–Crippen LogP) is 0.290. The van der Waals surface area contributed by atoms with E-state index in [-0.39, 0.29) is 6.61 Å². The Bertz CT molecular complexity index is 459. The van der Waals surface area contributed by atoms with Crippen molar-refractivity contribution in [3.63, 3.8) is 0 Å². The molecule has 0 heterocycles. The zero-order chi connectivity index (χ0) is 13.1. The molecular formula is C11H18N2O3S. The Labute approximate surface area is 102 Å². The molecule has 0 fully saturated rings. The summed E-state index contributed by atoms with van der Waals surface area (Å²) in [6.45, 7) is 1.33. The van der Waals surface area contributed by atoms with Gasteiger partial charge in [-0.25, -0.2) is 0 Å². The van der Waals surface area contributed by atoms with Gasteiger partial charge in [0.05, 0.1) is 12.1 Å². The summed E-state index contributed by atoms with van der Waals surface area (Å²) in [5, 5.41) is 9.44. The summed E-state index contributed by atoms with van der Waals surface area (Å²) in [5.74, 6) is 0. The number of benzene rings is 1. The number of nitrogens with zero attached hydrogens (tertiary/aromatic N) is 1. The largest absolute Gasteiger partial charge is 0.394 e. The summed E-state index contributed by atoms with van der Waals surface area (Å²) in [5.41, 5.74) is -0.308. The van der Waals surface area contributed by atoms with Crippen molar-refractivity contribution in [2.24, 2.45) is 0 Å². The van der Waals surface area contributed by atoms with Crippen LogP contribution in [0, 0.1) is 0 Å². The monoisotopic (exact) mass is 258 g/mol. The fraction of sp³-hybridized carbons (Fsp3) is 0.455. The second-order valence-electron chi connectivity index (χ2n) is 4.25. The van der Waals surface area contributed by atoms with Crippen molar-refractivity contribution in [2.45, 2.75) is 12.5 Å². The molecule has 0 spiro atoms. The molecule has 0 aromatic heterocycles. The van der Waals surface area contributed by atoms with Crippen LogP contribution in [0.2, 0.25) is 0 Å². The maximum atomic E-state index is 11.8. The van der Waals surface area contributed by atoms with Crippen LogP contribution in [-0.2, 0) is 15.7 Å². The first kappa shape index (κ1) is 14.1. The van der Waals surface area contributed by atoms with Gasteiger partial charge in [0.2, 0.25) is 0 Å². The lowest BCUT2D eigenvalue weighted by Gasteiger charge is -2.30. The van der Waals surface area contributed by atoms with Crippen LogP contribution in [0.15, 0.2) is 30.3 Å². The maximum Gasteiger partial charge on any atom is 0.279 e. The molecule has 1 unspecified atom stereocenters. The number of aliphatic hydroxyl groups is 1. The van der Waals surface area contributed by atoms with Gasteiger partial charge in [0.1, 0.15) is 0 Å². The average molecular weight is 258 g/mol. The summed E-state index contributed by atoms with van der Waals surface area (Å²) in [6, 6.07) is 8.98. The Morgan fingerprint density at radius 3 is 2.24 bits per heavy atom. The van der Waals surface area contributed by atoms with Crippen LogP contribution in [0.1, 0.15) is 12.5 Å². The van der Waals surface area contributed by atoms with Gasteiger partial charge in [0.25, 0.3) is 10.2 Å². The summed E-state index contributed by atoms with van der Waals surface area (Å²) >= 11 is 0. The van der Waals surface area contributed by atoms with Crippen molar-refractivity contribution in [3.05, 3.63) is 35.9 Å². The normalized spacial score (nSPS) is 15.8. The molecule has 1 atom stereocenters. The Morgan fingerprint density at radius 2 is 1.82 bits per heavy atom. The quantitative estimate of drug-likeness (QED) is 0.797. The first-order valence-corrected chi connectivity index (χ1v) is 6.63. The van der Waals surface area contributed by atoms with Crippen LogP contribution in [-0.4, -0.2) is 38.5 Å². The van der Waals surface area contributed by atoms with Gasteiger partial charge in [-0.3, -0.25) is 0 Å². The lowest BCUT2D eigenvalue weighted by atomic mass is 9.94. The fourth-order valence-corrected chi connectivity index (χ4v) is 2.30. The number of nitrogens with one attached hydrogen (secondary N) is 1. The van der Waals surface area contributed by atoms with Crippen molar-refractivity contribution in [2.75, 3.05) is 20.7 Å². The first-order valence-electron chi connectivity index (χ1n) is 5.19. The van der Waals surface area contributed by atoms with E-state index in [9.17, 15) is 13.5 Å². The Morgan fingerprint density at radius 1 is 1.29 bits per heavy atom. The summed E-state index contributed by atoms with van der Waals surface area (Å²) in [4.78, 5) is 0. The number of rotatable bonds is 5. The Balaban J connectivity index is 3.07. The molecule has 0 bridgehead atoms. The molecule has 0 aliphatic rings. The van der Waals surface area contributed by atoms with Crippen molar-refractivity contribution >= 4 is 10.2 Å². The highest BCUT2D eigenvalue weighted by Gasteiger charge is 2.31.